The van der Waals surface area contributed by atoms with Gasteiger partial charge in [-0.05, 0) is 34.1 Å². The number of esters is 1. The van der Waals surface area contributed by atoms with Gasteiger partial charge in [-0.3, -0.25) is 4.79 Å². The van der Waals surface area contributed by atoms with Crippen molar-refractivity contribution in [3.05, 3.63) is 0 Å². The molecule has 0 N–H and O–H groups in total. The van der Waals surface area contributed by atoms with Crippen LogP contribution in [0.1, 0.15) is 34.1 Å². The lowest BCUT2D eigenvalue weighted by molar-refractivity contribution is -0.150. The van der Waals surface area contributed by atoms with E-state index < -0.39 is 11.0 Å². The Morgan fingerprint density at radius 3 is 2.35 bits per heavy atom. The van der Waals surface area contributed by atoms with Crippen molar-refractivity contribution in [1.29, 1.82) is 0 Å². The molecule has 0 aromatic carbocycles. The van der Waals surface area contributed by atoms with E-state index in [0.717, 1.165) is 0 Å². The van der Waals surface area contributed by atoms with Crippen LogP contribution in [-0.2, 0) is 14.3 Å². The van der Waals surface area contributed by atoms with Crippen LogP contribution >= 0.6 is 0 Å². The number of hydrogen-bond acceptors (Lipinski definition) is 4. The number of ether oxygens (including phenoxy) is 2. The highest BCUT2D eigenvalue weighted by atomic mass is 16.6. The van der Waals surface area contributed by atoms with E-state index in [2.05, 4.69) is 0 Å². The fraction of sp³-hybridized carbons (Fsp3) is 0.833. The predicted octanol–water partition coefficient (Wildman–Crippen LogP) is 1.81. The minimum atomic E-state index is -0.606. The van der Waals surface area contributed by atoms with Crippen molar-refractivity contribution in [2.24, 2.45) is 5.41 Å². The third-order valence-electron chi connectivity index (χ3n) is 2.80. The Labute approximate surface area is 102 Å². The Morgan fingerprint density at radius 2 is 1.88 bits per heavy atom. The number of hydrogen-bond donors (Lipinski definition) is 0. The topological polar surface area (TPSA) is 55.8 Å². The third-order valence-corrected chi connectivity index (χ3v) is 2.80. The summed E-state index contributed by atoms with van der Waals surface area (Å²) in [5.74, 6) is -0.274. The summed E-state index contributed by atoms with van der Waals surface area (Å²) < 4.78 is 10.0. The fourth-order valence-electron chi connectivity index (χ4n) is 1.86. The van der Waals surface area contributed by atoms with E-state index in [-0.39, 0.29) is 12.1 Å². The number of carbonyl (C=O) groups excluding carboxylic acids is 2. The summed E-state index contributed by atoms with van der Waals surface area (Å²) in [6.07, 6.45) is 0.240. The molecule has 1 amide bonds. The van der Waals surface area contributed by atoms with Crippen LogP contribution in [-0.4, -0.2) is 42.8 Å². The van der Waals surface area contributed by atoms with Gasteiger partial charge in [0.2, 0.25) is 0 Å². The van der Waals surface area contributed by atoms with Crippen molar-refractivity contribution in [2.45, 2.75) is 39.7 Å². The lowest BCUT2D eigenvalue weighted by Crippen LogP contribution is -2.38. The molecule has 5 nitrogen and oxygen atoms in total. The molecule has 0 saturated carbocycles. The highest BCUT2D eigenvalue weighted by molar-refractivity contribution is 5.79. The smallest absolute Gasteiger partial charge is 0.410 e. The third kappa shape index (κ3) is 3.35. The van der Waals surface area contributed by atoms with E-state index in [1.165, 1.54) is 7.11 Å². The van der Waals surface area contributed by atoms with Crippen molar-refractivity contribution in [3.8, 4) is 0 Å². The zero-order valence-corrected chi connectivity index (χ0v) is 11.2. The van der Waals surface area contributed by atoms with Crippen molar-refractivity contribution >= 4 is 12.1 Å². The van der Waals surface area contributed by atoms with Crippen LogP contribution in [0.5, 0.6) is 0 Å². The molecule has 5 heteroatoms. The standard InChI is InChI=1S/C12H21NO4/c1-11(2,3)17-10(15)13-7-6-12(4,8-13)9(14)16-5/h6-8H2,1-5H3/t12-/m0/s1. The molecular weight excluding hydrogens is 222 g/mol. The van der Waals surface area contributed by atoms with Gasteiger partial charge in [-0.25, -0.2) is 4.79 Å². The van der Waals surface area contributed by atoms with E-state index in [1.807, 2.05) is 27.7 Å². The Balaban J connectivity index is 2.62. The molecule has 1 rings (SSSR count). The van der Waals surface area contributed by atoms with E-state index in [4.69, 9.17) is 9.47 Å². The second-order valence-electron chi connectivity index (χ2n) is 5.70. The van der Waals surface area contributed by atoms with Crippen LogP contribution in [0.25, 0.3) is 0 Å². The molecule has 0 spiro atoms. The first-order valence-electron chi connectivity index (χ1n) is 5.74. The van der Waals surface area contributed by atoms with Gasteiger partial charge in [-0.2, -0.15) is 0 Å². The van der Waals surface area contributed by atoms with Crippen LogP contribution in [0.2, 0.25) is 0 Å². The van der Waals surface area contributed by atoms with Gasteiger partial charge in [0, 0.05) is 13.1 Å². The zero-order valence-electron chi connectivity index (χ0n) is 11.2. The molecule has 1 heterocycles. The molecule has 1 fully saturated rings. The summed E-state index contributed by atoms with van der Waals surface area (Å²) in [6.45, 7) is 8.15. The SMILES string of the molecule is COC(=O)[C@@]1(C)CCN(C(=O)OC(C)(C)C)C1. The Morgan fingerprint density at radius 1 is 1.29 bits per heavy atom. The average Bonchev–Trinajstić information content (AvgIpc) is 2.58. The molecule has 98 valence electrons. The maximum atomic E-state index is 11.8. The summed E-state index contributed by atoms with van der Waals surface area (Å²) in [4.78, 5) is 25.0. The molecule has 0 aromatic heterocycles. The highest BCUT2D eigenvalue weighted by Crippen LogP contribution is 2.31. The van der Waals surface area contributed by atoms with E-state index in [1.54, 1.807) is 4.90 Å². The van der Waals surface area contributed by atoms with Gasteiger partial charge in [0.05, 0.1) is 12.5 Å². The quantitative estimate of drug-likeness (QED) is 0.659. The second-order valence-corrected chi connectivity index (χ2v) is 5.70. The maximum Gasteiger partial charge on any atom is 0.410 e. The predicted molar refractivity (Wildman–Crippen MR) is 62.5 cm³/mol. The minimum absolute atomic E-state index is 0.274. The average molecular weight is 243 g/mol. The summed E-state index contributed by atoms with van der Waals surface area (Å²) in [5.41, 5.74) is -1.12. The molecule has 1 aliphatic heterocycles. The van der Waals surface area contributed by atoms with Gasteiger partial charge in [-0.1, -0.05) is 0 Å². The van der Waals surface area contributed by atoms with Gasteiger partial charge < -0.3 is 14.4 Å². The van der Waals surface area contributed by atoms with Crippen LogP contribution in [0, 0.1) is 5.41 Å². The van der Waals surface area contributed by atoms with Crippen molar-refractivity contribution in [1.82, 2.24) is 4.90 Å². The first-order valence-corrected chi connectivity index (χ1v) is 5.74. The number of carbonyl (C=O) groups is 2. The van der Waals surface area contributed by atoms with Gasteiger partial charge in [0.25, 0.3) is 0 Å². The molecular formula is C12H21NO4. The van der Waals surface area contributed by atoms with Crippen molar-refractivity contribution < 1.29 is 19.1 Å². The van der Waals surface area contributed by atoms with Gasteiger partial charge in [0.15, 0.2) is 0 Å². The minimum Gasteiger partial charge on any atom is -0.469 e. The highest BCUT2D eigenvalue weighted by Gasteiger charge is 2.43. The van der Waals surface area contributed by atoms with E-state index in [9.17, 15) is 9.59 Å². The first kappa shape index (κ1) is 13.8. The Hall–Kier alpha value is -1.26. The summed E-state index contributed by atoms with van der Waals surface area (Å²) in [7, 11) is 1.36. The first-order chi connectivity index (χ1) is 7.68. The van der Waals surface area contributed by atoms with Crippen LogP contribution < -0.4 is 0 Å². The lowest BCUT2D eigenvalue weighted by atomic mass is 9.90. The number of amides is 1. The summed E-state index contributed by atoms with van der Waals surface area (Å²) >= 11 is 0. The number of rotatable bonds is 1. The summed E-state index contributed by atoms with van der Waals surface area (Å²) in [5, 5.41) is 0. The monoisotopic (exact) mass is 243 g/mol. The summed E-state index contributed by atoms with van der Waals surface area (Å²) in [6, 6.07) is 0. The molecule has 0 bridgehead atoms. The molecule has 0 unspecified atom stereocenters. The number of methoxy groups -OCH3 is 1. The van der Waals surface area contributed by atoms with Crippen molar-refractivity contribution in [2.75, 3.05) is 20.2 Å². The van der Waals surface area contributed by atoms with Crippen molar-refractivity contribution in [3.63, 3.8) is 0 Å². The van der Waals surface area contributed by atoms with Gasteiger partial charge in [-0.15, -0.1) is 0 Å². The van der Waals surface area contributed by atoms with Gasteiger partial charge in [0.1, 0.15) is 5.60 Å². The Kier molecular flexibility index (Phi) is 3.69. The molecule has 0 radical (unpaired) electrons. The maximum absolute atomic E-state index is 11.8. The molecule has 1 saturated heterocycles. The second kappa shape index (κ2) is 4.55. The molecule has 1 aliphatic rings. The normalized spacial score (nSPS) is 24.6. The molecule has 17 heavy (non-hydrogen) atoms. The van der Waals surface area contributed by atoms with Crippen LogP contribution in [0.4, 0.5) is 4.79 Å². The fourth-order valence-corrected chi connectivity index (χ4v) is 1.86. The molecule has 0 aromatic rings. The lowest BCUT2D eigenvalue weighted by Gasteiger charge is -2.25. The van der Waals surface area contributed by atoms with Crippen LogP contribution in [0.15, 0.2) is 0 Å². The van der Waals surface area contributed by atoms with E-state index in [0.29, 0.717) is 19.5 Å². The number of nitrogens with zero attached hydrogens (tertiary/aromatic N) is 1. The molecule has 1 atom stereocenters. The molecule has 0 aliphatic carbocycles. The van der Waals surface area contributed by atoms with Crippen LogP contribution in [0.3, 0.4) is 0 Å². The Bertz CT molecular complexity index is 321. The zero-order chi connectivity index (χ0) is 13.3. The number of likely N-dealkylation sites (tertiary alicyclic amines) is 1. The van der Waals surface area contributed by atoms with E-state index >= 15 is 0 Å². The van der Waals surface area contributed by atoms with Gasteiger partial charge >= 0.3 is 12.1 Å². The largest absolute Gasteiger partial charge is 0.469 e.